The van der Waals surface area contributed by atoms with Gasteiger partial charge in [0.15, 0.2) is 5.82 Å². The minimum Gasteiger partial charge on any atom is -0.399 e. The van der Waals surface area contributed by atoms with Crippen molar-refractivity contribution in [1.82, 2.24) is 10.1 Å². The summed E-state index contributed by atoms with van der Waals surface area (Å²) < 4.78 is 5.18. The van der Waals surface area contributed by atoms with Crippen LogP contribution in [0.4, 0.5) is 5.69 Å². The van der Waals surface area contributed by atoms with E-state index in [4.69, 9.17) is 29.7 Å². The van der Waals surface area contributed by atoms with Crippen LogP contribution in [0.25, 0.3) is 17.0 Å². The van der Waals surface area contributed by atoms with Crippen LogP contribution in [-0.2, 0) is 0 Å². The minimum atomic E-state index is 0.329. The molecule has 0 saturated carbocycles. The second-order valence-electron chi connectivity index (χ2n) is 4.06. The highest BCUT2D eigenvalue weighted by atomic mass is 35.5. The molecule has 1 aromatic carbocycles. The summed E-state index contributed by atoms with van der Waals surface area (Å²) in [6, 6.07) is 5.08. The van der Waals surface area contributed by atoms with Gasteiger partial charge < -0.3 is 10.3 Å². The monoisotopic (exact) mass is 271 g/mol. The van der Waals surface area contributed by atoms with Crippen LogP contribution in [0.15, 0.2) is 40.8 Å². The molecule has 19 heavy (non-hydrogen) atoms. The van der Waals surface area contributed by atoms with Crippen LogP contribution in [0.1, 0.15) is 12.7 Å². The molecule has 0 aliphatic rings. The molecule has 0 aliphatic heterocycles. The molecule has 6 heteroatoms. The summed E-state index contributed by atoms with van der Waals surface area (Å²) in [4.78, 5) is 4.26. The summed E-state index contributed by atoms with van der Waals surface area (Å²) in [5.74, 6) is 0.768. The van der Waals surface area contributed by atoms with E-state index in [1.807, 2.05) is 6.92 Å². The highest BCUT2D eigenvalue weighted by Gasteiger charge is 2.13. The molecule has 2 aromatic rings. The lowest BCUT2D eigenvalue weighted by Gasteiger charge is -1.99. The number of hydrogen-bond acceptors (Lipinski definition) is 4. The zero-order valence-electron chi connectivity index (χ0n) is 10.4. The first-order valence-electron chi connectivity index (χ1n) is 5.49. The fourth-order valence-corrected chi connectivity index (χ4v) is 1.81. The second kappa shape index (κ2) is 5.32. The number of allylic oxidation sites excluding steroid dienone is 3. The fourth-order valence-electron chi connectivity index (χ4n) is 1.54. The van der Waals surface area contributed by atoms with Crippen molar-refractivity contribution >= 4 is 30.7 Å². The van der Waals surface area contributed by atoms with E-state index in [-0.39, 0.29) is 0 Å². The highest BCUT2D eigenvalue weighted by Crippen LogP contribution is 2.29. The number of rotatable bonds is 3. The number of anilines is 1. The SMILES string of the molecule is [B]C(=C)/C=C(\C)c1noc(-c2ccc(N)cc2Cl)n1. The molecule has 2 rings (SSSR count). The summed E-state index contributed by atoms with van der Waals surface area (Å²) in [5, 5.41) is 4.33. The summed E-state index contributed by atoms with van der Waals surface area (Å²) >= 11 is 6.08. The minimum absolute atomic E-state index is 0.329. The van der Waals surface area contributed by atoms with Gasteiger partial charge in [-0.2, -0.15) is 4.98 Å². The van der Waals surface area contributed by atoms with Gasteiger partial charge in [-0.15, -0.1) is 12.1 Å². The van der Waals surface area contributed by atoms with E-state index in [0.29, 0.717) is 33.5 Å². The van der Waals surface area contributed by atoms with Crippen LogP contribution in [0.5, 0.6) is 0 Å². The average molecular weight is 272 g/mol. The Morgan fingerprint density at radius 2 is 2.26 bits per heavy atom. The molecule has 0 spiro atoms. The van der Waals surface area contributed by atoms with Gasteiger partial charge in [-0.1, -0.05) is 22.8 Å². The molecular weight excluding hydrogens is 260 g/mol. The van der Waals surface area contributed by atoms with Crippen LogP contribution < -0.4 is 5.73 Å². The van der Waals surface area contributed by atoms with Crippen molar-refractivity contribution in [2.24, 2.45) is 0 Å². The van der Waals surface area contributed by atoms with Gasteiger partial charge in [-0.25, -0.2) is 0 Å². The molecule has 0 saturated heterocycles. The summed E-state index contributed by atoms with van der Waals surface area (Å²) in [5.41, 5.74) is 8.02. The van der Waals surface area contributed by atoms with Crippen molar-refractivity contribution in [3.8, 4) is 11.5 Å². The maximum absolute atomic E-state index is 6.08. The standard InChI is InChI=1S/C13H11BClN3O/c1-7(5-8(2)14)12-17-13(19-18-12)10-4-3-9(16)6-11(10)15/h3-6H,2,16H2,1H3/b7-5+. The Morgan fingerprint density at radius 1 is 1.53 bits per heavy atom. The summed E-state index contributed by atoms with van der Waals surface area (Å²) in [6.45, 7) is 5.41. The predicted octanol–water partition coefficient (Wildman–Crippen LogP) is 3.06. The smallest absolute Gasteiger partial charge is 0.259 e. The van der Waals surface area contributed by atoms with Crippen LogP contribution >= 0.6 is 11.6 Å². The molecular formula is C13H11BClN3O. The third kappa shape index (κ3) is 3.06. The largest absolute Gasteiger partial charge is 0.399 e. The maximum atomic E-state index is 6.08. The molecule has 94 valence electrons. The van der Waals surface area contributed by atoms with Crippen LogP contribution in [0, 0.1) is 0 Å². The first-order chi connectivity index (χ1) is 8.97. The topological polar surface area (TPSA) is 64.9 Å². The molecule has 2 N–H and O–H groups in total. The molecule has 1 heterocycles. The van der Waals surface area contributed by atoms with E-state index < -0.39 is 0 Å². The second-order valence-corrected chi connectivity index (χ2v) is 4.47. The molecule has 0 aliphatic carbocycles. The van der Waals surface area contributed by atoms with E-state index >= 15 is 0 Å². The Bertz CT molecular complexity index is 664. The lowest BCUT2D eigenvalue weighted by atomic mass is 9.96. The lowest BCUT2D eigenvalue weighted by Crippen LogP contribution is -1.87. The number of hydrogen-bond donors (Lipinski definition) is 1. The van der Waals surface area contributed by atoms with Gasteiger partial charge in [0.1, 0.15) is 7.85 Å². The molecule has 1 aromatic heterocycles. The fraction of sp³-hybridized carbons (Fsp3) is 0.0769. The normalized spacial score (nSPS) is 11.6. The zero-order valence-corrected chi connectivity index (χ0v) is 11.1. The maximum Gasteiger partial charge on any atom is 0.259 e. The van der Waals surface area contributed by atoms with Gasteiger partial charge in [-0.3, -0.25) is 0 Å². The Morgan fingerprint density at radius 3 is 2.89 bits per heavy atom. The number of nitrogen functional groups attached to an aromatic ring is 1. The molecule has 0 fully saturated rings. The Hall–Kier alpha value is -2.01. The van der Waals surface area contributed by atoms with E-state index in [2.05, 4.69) is 16.7 Å². The van der Waals surface area contributed by atoms with E-state index in [1.54, 1.807) is 24.3 Å². The first kappa shape index (κ1) is 13.4. The Labute approximate surface area is 117 Å². The number of halogens is 1. The van der Waals surface area contributed by atoms with E-state index in [0.717, 1.165) is 5.57 Å². The van der Waals surface area contributed by atoms with Gasteiger partial charge in [0.2, 0.25) is 0 Å². The Balaban J connectivity index is 2.38. The zero-order chi connectivity index (χ0) is 14.0. The van der Waals surface area contributed by atoms with E-state index in [1.165, 1.54) is 0 Å². The van der Waals surface area contributed by atoms with Crippen molar-refractivity contribution in [3.05, 3.63) is 47.2 Å². The van der Waals surface area contributed by atoms with Crippen molar-refractivity contribution in [1.29, 1.82) is 0 Å². The third-order valence-electron chi connectivity index (χ3n) is 2.40. The summed E-state index contributed by atoms with van der Waals surface area (Å²) in [7, 11) is 5.50. The van der Waals surface area contributed by atoms with Crippen LogP contribution in [0.2, 0.25) is 5.02 Å². The van der Waals surface area contributed by atoms with Gasteiger partial charge >= 0.3 is 0 Å². The number of nitrogens with two attached hydrogens (primary N) is 1. The molecule has 0 amide bonds. The number of benzene rings is 1. The van der Waals surface area contributed by atoms with Crippen molar-refractivity contribution in [2.45, 2.75) is 6.92 Å². The van der Waals surface area contributed by atoms with Crippen molar-refractivity contribution in [3.63, 3.8) is 0 Å². The number of aromatic nitrogens is 2. The Kier molecular flexibility index (Phi) is 3.76. The number of nitrogens with zero attached hydrogens (tertiary/aromatic N) is 2. The van der Waals surface area contributed by atoms with Gasteiger partial charge in [0, 0.05) is 5.69 Å². The highest BCUT2D eigenvalue weighted by molar-refractivity contribution is 6.33. The average Bonchev–Trinajstić information content (AvgIpc) is 2.77. The van der Waals surface area contributed by atoms with Crippen LogP contribution in [0.3, 0.4) is 0 Å². The van der Waals surface area contributed by atoms with Crippen LogP contribution in [-0.4, -0.2) is 18.0 Å². The third-order valence-corrected chi connectivity index (χ3v) is 2.72. The molecule has 0 bridgehead atoms. The van der Waals surface area contributed by atoms with Gasteiger partial charge in [-0.05, 0) is 30.7 Å². The van der Waals surface area contributed by atoms with Gasteiger partial charge in [0.25, 0.3) is 5.89 Å². The lowest BCUT2D eigenvalue weighted by molar-refractivity contribution is 0.428. The molecule has 0 atom stereocenters. The quantitative estimate of drug-likeness (QED) is 0.529. The van der Waals surface area contributed by atoms with Crippen molar-refractivity contribution in [2.75, 3.05) is 5.73 Å². The molecule has 2 radical (unpaired) electrons. The first-order valence-corrected chi connectivity index (χ1v) is 5.87. The summed E-state index contributed by atoms with van der Waals surface area (Å²) in [6.07, 6.45) is 1.67. The van der Waals surface area contributed by atoms with Crippen molar-refractivity contribution < 1.29 is 4.52 Å². The molecule has 0 unspecified atom stereocenters. The predicted molar refractivity (Wildman–Crippen MR) is 77.7 cm³/mol. The van der Waals surface area contributed by atoms with Gasteiger partial charge in [0.05, 0.1) is 10.6 Å². The van der Waals surface area contributed by atoms with E-state index in [9.17, 15) is 0 Å². The molecule has 4 nitrogen and oxygen atoms in total.